The highest BCUT2D eigenvalue weighted by Crippen LogP contribution is 2.41. The number of rotatable bonds is 5. The molecule has 1 aromatic carbocycles. The molecule has 0 spiro atoms. The van der Waals surface area contributed by atoms with E-state index in [1.807, 2.05) is 0 Å². The Morgan fingerprint density at radius 2 is 2.12 bits per heavy atom. The largest absolute Gasteiger partial charge is 0.479 e. The number of nitrogens with zero attached hydrogens (tertiary/aromatic N) is 2. The number of carbonyl (C=O) groups excluding carboxylic acids is 1. The Morgan fingerprint density at radius 3 is 2.65 bits per heavy atom. The molecule has 0 saturated heterocycles. The summed E-state index contributed by atoms with van der Waals surface area (Å²) in [7, 11) is 0. The van der Waals surface area contributed by atoms with Crippen LogP contribution in [0.15, 0.2) is 23.3 Å². The van der Waals surface area contributed by atoms with Crippen LogP contribution in [0.2, 0.25) is 10.0 Å². The SMILES string of the molecule is CCCC1=NN(C(=O)[C@@H](C)Oc2ccc(Cl)cc2Cl)[C@](O)(C(F)(F)F)C1. The number of benzene rings is 1. The van der Waals surface area contributed by atoms with Gasteiger partial charge in [-0.15, -0.1) is 0 Å². The summed E-state index contributed by atoms with van der Waals surface area (Å²) in [6.45, 7) is 3.01. The molecule has 0 bridgehead atoms. The molecule has 1 heterocycles. The van der Waals surface area contributed by atoms with E-state index in [1.165, 1.54) is 25.1 Å². The maximum atomic E-state index is 13.4. The molecule has 5 nitrogen and oxygen atoms in total. The van der Waals surface area contributed by atoms with Gasteiger partial charge >= 0.3 is 6.18 Å². The molecule has 0 radical (unpaired) electrons. The zero-order valence-electron chi connectivity index (χ0n) is 14.0. The number of hydrogen-bond donors (Lipinski definition) is 1. The Hall–Kier alpha value is -1.51. The molecule has 0 unspecified atom stereocenters. The predicted octanol–water partition coefficient (Wildman–Crippen LogP) is 4.40. The average molecular weight is 413 g/mol. The monoisotopic (exact) mass is 412 g/mol. The van der Waals surface area contributed by atoms with Gasteiger partial charge in [0.25, 0.3) is 11.6 Å². The zero-order chi connectivity index (χ0) is 19.7. The molecular formula is C16H17Cl2F3N2O3. The molecule has 1 aromatic rings. The van der Waals surface area contributed by atoms with Crippen molar-refractivity contribution >= 4 is 34.8 Å². The van der Waals surface area contributed by atoms with Gasteiger partial charge in [-0.1, -0.05) is 36.5 Å². The van der Waals surface area contributed by atoms with Gasteiger partial charge in [0.1, 0.15) is 5.75 Å². The average Bonchev–Trinajstić information content (AvgIpc) is 2.87. The van der Waals surface area contributed by atoms with Crippen molar-refractivity contribution in [1.29, 1.82) is 0 Å². The van der Waals surface area contributed by atoms with E-state index >= 15 is 0 Å². The van der Waals surface area contributed by atoms with Crippen LogP contribution in [0.25, 0.3) is 0 Å². The van der Waals surface area contributed by atoms with E-state index in [4.69, 9.17) is 27.9 Å². The second kappa shape index (κ2) is 7.62. The number of carbonyl (C=O) groups is 1. The zero-order valence-corrected chi connectivity index (χ0v) is 15.5. The lowest BCUT2D eigenvalue weighted by atomic mass is 10.0. The van der Waals surface area contributed by atoms with Crippen molar-refractivity contribution in [2.45, 2.75) is 51.1 Å². The highest BCUT2D eigenvalue weighted by Gasteiger charge is 2.63. The van der Waals surface area contributed by atoms with Crippen molar-refractivity contribution in [3.8, 4) is 5.75 Å². The van der Waals surface area contributed by atoms with Gasteiger partial charge < -0.3 is 9.84 Å². The molecule has 1 N–H and O–H groups in total. The number of alkyl halides is 3. The topological polar surface area (TPSA) is 62.1 Å². The van der Waals surface area contributed by atoms with Crippen LogP contribution in [0.5, 0.6) is 5.75 Å². The standard InChI is InChI=1S/C16H17Cl2F3N2O3/c1-3-4-11-8-15(25,16(19,20)21)23(22-11)14(24)9(2)26-13-6-5-10(17)7-12(13)18/h5-7,9,25H,3-4,8H2,1-2H3/t9-,15-/m1/s1. The molecule has 26 heavy (non-hydrogen) atoms. The number of hydrogen-bond acceptors (Lipinski definition) is 4. The van der Waals surface area contributed by atoms with Crippen LogP contribution < -0.4 is 4.74 Å². The summed E-state index contributed by atoms with van der Waals surface area (Å²) in [4.78, 5) is 12.5. The van der Waals surface area contributed by atoms with Crippen molar-refractivity contribution in [1.82, 2.24) is 5.01 Å². The van der Waals surface area contributed by atoms with Crippen LogP contribution in [-0.4, -0.2) is 39.7 Å². The van der Waals surface area contributed by atoms with Crippen LogP contribution in [0.3, 0.4) is 0 Å². The van der Waals surface area contributed by atoms with E-state index in [9.17, 15) is 23.1 Å². The summed E-state index contributed by atoms with van der Waals surface area (Å²) < 4.78 is 45.5. The van der Waals surface area contributed by atoms with Gasteiger partial charge in [0.15, 0.2) is 6.10 Å². The van der Waals surface area contributed by atoms with Crippen molar-refractivity contribution in [2.75, 3.05) is 0 Å². The first kappa shape index (κ1) is 20.8. The Labute approximate surface area is 158 Å². The molecule has 1 aliphatic heterocycles. The molecular weight excluding hydrogens is 396 g/mol. The molecule has 2 rings (SSSR count). The van der Waals surface area contributed by atoms with Crippen molar-refractivity contribution in [3.05, 3.63) is 28.2 Å². The number of aliphatic hydroxyl groups is 1. The van der Waals surface area contributed by atoms with E-state index in [0.717, 1.165) is 0 Å². The van der Waals surface area contributed by atoms with E-state index in [-0.39, 0.29) is 27.9 Å². The lowest BCUT2D eigenvalue weighted by Gasteiger charge is -2.33. The number of ether oxygens (including phenoxy) is 1. The van der Waals surface area contributed by atoms with Gasteiger partial charge in [0.05, 0.1) is 5.02 Å². The number of amides is 1. The van der Waals surface area contributed by atoms with Crippen LogP contribution in [0, 0.1) is 0 Å². The van der Waals surface area contributed by atoms with E-state index in [2.05, 4.69) is 5.10 Å². The second-order valence-electron chi connectivity index (χ2n) is 5.89. The second-order valence-corrected chi connectivity index (χ2v) is 6.74. The summed E-state index contributed by atoms with van der Waals surface area (Å²) in [5.74, 6) is -1.06. The molecule has 0 aromatic heterocycles. The molecule has 2 atom stereocenters. The van der Waals surface area contributed by atoms with Gasteiger partial charge in [-0.3, -0.25) is 4.79 Å². The minimum atomic E-state index is -5.07. The smallest absolute Gasteiger partial charge is 0.438 e. The quantitative estimate of drug-likeness (QED) is 0.779. The fraction of sp³-hybridized carbons (Fsp3) is 0.500. The minimum Gasteiger partial charge on any atom is -0.479 e. The fourth-order valence-electron chi connectivity index (χ4n) is 2.48. The lowest BCUT2D eigenvalue weighted by Crippen LogP contribution is -2.58. The van der Waals surface area contributed by atoms with Gasteiger partial charge in [0.2, 0.25) is 0 Å². The highest BCUT2D eigenvalue weighted by molar-refractivity contribution is 6.35. The maximum Gasteiger partial charge on any atom is 0.438 e. The van der Waals surface area contributed by atoms with E-state index in [1.54, 1.807) is 6.92 Å². The third-order valence-electron chi connectivity index (χ3n) is 3.79. The van der Waals surface area contributed by atoms with E-state index < -0.39 is 30.3 Å². The Morgan fingerprint density at radius 1 is 1.46 bits per heavy atom. The summed E-state index contributed by atoms with van der Waals surface area (Å²) in [5, 5.41) is 14.3. The predicted molar refractivity (Wildman–Crippen MR) is 91.4 cm³/mol. The van der Waals surface area contributed by atoms with Crippen molar-refractivity contribution < 1.29 is 27.8 Å². The van der Waals surface area contributed by atoms with Crippen LogP contribution in [0.1, 0.15) is 33.1 Å². The fourth-order valence-corrected chi connectivity index (χ4v) is 2.93. The molecule has 1 amide bonds. The van der Waals surface area contributed by atoms with Crippen molar-refractivity contribution in [2.24, 2.45) is 5.10 Å². The van der Waals surface area contributed by atoms with Gasteiger partial charge in [0, 0.05) is 17.2 Å². The molecule has 10 heteroatoms. The molecule has 0 saturated carbocycles. The third kappa shape index (κ3) is 4.07. The summed E-state index contributed by atoms with van der Waals surface area (Å²) in [6.07, 6.45) is -6.46. The highest BCUT2D eigenvalue weighted by atomic mass is 35.5. The summed E-state index contributed by atoms with van der Waals surface area (Å²) >= 11 is 11.7. The van der Waals surface area contributed by atoms with Crippen LogP contribution >= 0.6 is 23.2 Å². The van der Waals surface area contributed by atoms with Crippen molar-refractivity contribution in [3.63, 3.8) is 0 Å². The van der Waals surface area contributed by atoms with Gasteiger partial charge in [-0.2, -0.15) is 23.3 Å². The number of hydrazone groups is 1. The molecule has 0 aliphatic carbocycles. The van der Waals surface area contributed by atoms with Crippen LogP contribution in [-0.2, 0) is 4.79 Å². The van der Waals surface area contributed by atoms with Gasteiger partial charge in [-0.05, 0) is 31.5 Å². The maximum absolute atomic E-state index is 13.4. The van der Waals surface area contributed by atoms with Crippen LogP contribution in [0.4, 0.5) is 13.2 Å². The molecule has 0 fully saturated rings. The Balaban J connectivity index is 2.26. The first-order chi connectivity index (χ1) is 12.0. The molecule has 144 valence electrons. The normalized spacial score (nSPS) is 21.5. The Kier molecular flexibility index (Phi) is 6.09. The Bertz CT molecular complexity index is 727. The summed E-state index contributed by atoms with van der Waals surface area (Å²) in [5.41, 5.74) is -3.30. The number of halogens is 5. The first-order valence-electron chi connectivity index (χ1n) is 7.81. The summed E-state index contributed by atoms with van der Waals surface area (Å²) in [6, 6.07) is 4.22. The first-order valence-corrected chi connectivity index (χ1v) is 8.56. The lowest BCUT2D eigenvalue weighted by molar-refractivity contribution is -0.303. The van der Waals surface area contributed by atoms with E-state index in [0.29, 0.717) is 11.4 Å². The van der Waals surface area contributed by atoms with Gasteiger partial charge in [-0.25, -0.2) is 0 Å². The third-order valence-corrected chi connectivity index (χ3v) is 4.32. The minimum absolute atomic E-state index is 0.0620. The molecule has 1 aliphatic rings.